The molecule has 0 saturated carbocycles. The molecule has 0 aliphatic carbocycles. The number of rotatable bonds is 4. The number of nitrogens with zero attached hydrogens (tertiary/aromatic N) is 3. The second-order valence-electron chi connectivity index (χ2n) is 6.83. The lowest BCUT2D eigenvalue weighted by atomic mass is 10.1. The Morgan fingerprint density at radius 1 is 1.11 bits per heavy atom. The molecular weight excluding hydrogens is 364 g/mol. The standard InChI is InChI=1S/C15H22N4O8/c20-2-7-6(22)1-9(26-7)18-5-19(10-13(18)16-4-17-14(10)25)15-12(24)11(23)8(3-21)27-15/h4,6-9,11-12,15,20-24H,1-3,5H2,(H,16,17,25)/t6-,7+,8+,9+,11+,12+,15+/m0/s1. The molecular formula is C15H22N4O8. The van der Waals surface area contributed by atoms with Crippen molar-refractivity contribution in [3.63, 3.8) is 0 Å². The molecule has 1 aromatic heterocycles. The molecule has 12 heteroatoms. The number of aromatic amines is 1. The average Bonchev–Trinajstić information content (AvgIpc) is 3.30. The summed E-state index contributed by atoms with van der Waals surface area (Å²) in [5, 5.41) is 48.9. The fraction of sp³-hybridized carbons (Fsp3) is 0.733. The number of hydrogen-bond acceptors (Lipinski definition) is 11. The van der Waals surface area contributed by atoms with Crippen LogP contribution >= 0.6 is 0 Å². The summed E-state index contributed by atoms with van der Waals surface area (Å²) in [6, 6.07) is 0. The van der Waals surface area contributed by atoms with Crippen LogP contribution in [0.25, 0.3) is 0 Å². The molecule has 0 bridgehead atoms. The molecule has 12 nitrogen and oxygen atoms in total. The first-order chi connectivity index (χ1) is 13.0. The molecule has 27 heavy (non-hydrogen) atoms. The van der Waals surface area contributed by atoms with Gasteiger partial charge < -0.3 is 49.8 Å². The molecule has 150 valence electrons. The second kappa shape index (κ2) is 6.98. The van der Waals surface area contributed by atoms with E-state index in [-0.39, 0.29) is 31.2 Å². The minimum Gasteiger partial charge on any atom is -0.394 e. The lowest BCUT2D eigenvalue weighted by Crippen LogP contribution is -2.48. The number of aliphatic hydroxyl groups is 5. The van der Waals surface area contributed by atoms with Crippen LogP contribution in [0.4, 0.5) is 11.5 Å². The van der Waals surface area contributed by atoms with Gasteiger partial charge in [0.1, 0.15) is 36.3 Å². The van der Waals surface area contributed by atoms with Gasteiger partial charge in [0.25, 0.3) is 5.56 Å². The third-order valence-corrected chi connectivity index (χ3v) is 5.23. The topological polar surface area (TPSA) is 172 Å². The summed E-state index contributed by atoms with van der Waals surface area (Å²) in [4.78, 5) is 22.1. The highest BCUT2D eigenvalue weighted by molar-refractivity contribution is 5.72. The monoisotopic (exact) mass is 386 g/mol. The lowest BCUT2D eigenvalue weighted by Gasteiger charge is -2.30. The van der Waals surface area contributed by atoms with E-state index in [1.54, 1.807) is 4.90 Å². The number of nitrogens with one attached hydrogen (secondary N) is 1. The molecule has 1 aromatic rings. The Kier molecular flexibility index (Phi) is 4.80. The predicted molar refractivity (Wildman–Crippen MR) is 88.8 cm³/mol. The minimum absolute atomic E-state index is 0.0392. The van der Waals surface area contributed by atoms with Crippen molar-refractivity contribution in [1.82, 2.24) is 9.97 Å². The average molecular weight is 386 g/mol. The third-order valence-electron chi connectivity index (χ3n) is 5.23. The number of ether oxygens (including phenoxy) is 2. The van der Waals surface area contributed by atoms with E-state index in [2.05, 4.69) is 9.97 Å². The minimum atomic E-state index is -1.35. The van der Waals surface area contributed by atoms with Gasteiger partial charge in [-0.2, -0.15) is 0 Å². The van der Waals surface area contributed by atoms with Crippen LogP contribution in [0.2, 0.25) is 0 Å². The van der Waals surface area contributed by atoms with E-state index >= 15 is 0 Å². The summed E-state index contributed by atoms with van der Waals surface area (Å²) in [6.45, 7) is -0.796. The molecule has 0 amide bonds. The molecule has 0 unspecified atom stereocenters. The van der Waals surface area contributed by atoms with Crippen molar-refractivity contribution in [1.29, 1.82) is 0 Å². The van der Waals surface area contributed by atoms with Crippen molar-refractivity contribution in [3.05, 3.63) is 16.7 Å². The maximum atomic E-state index is 12.4. The van der Waals surface area contributed by atoms with Gasteiger partial charge in [-0.15, -0.1) is 0 Å². The fourth-order valence-corrected chi connectivity index (χ4v) is 3.80. The number of aromatic nitrogens is 2. The molecule has 3 aliphatic heterocycles. The van der Waals surface area contributed by atoms with Crippen LogP contribution in [0, 0.1) is 0 Å². The lowest BCUT2D eigenvalue weighted by molar-refractivity contribution is -0.0273. The summed E-state index contributed by atoms with van der Waals surface area (Å²) < 4.78 is 11.2. The second-order valence-corrected chi connectivity index (χ2v) is 6.83. The van der Waals surface area contributed by atoms with Gasteiger partial charge in [0.2, 0.25) is 0 Å². The van der Waals surface area contributed by atoms with Crippen LogP contribution < -0.4 is 15.4 Å². The summed E-state index contributed by atoms with van der Waals surface area (Å²) in [5.74, 6) is 0.271. The molecule has 0 radical (unpaired) electrons. The van der Waals surface area contributed by atoms with E-state index < -0.39 is 55.1 Å². The van der Waals surface area contributed by atoms with Crippen LogP contribution in [-0.2, 0) is 9.47 Å². The van der Waals surface area contributed by atoms with E-state index in [4.69, 9.17) is 9.47 Å². The van der Waals surface area contributed by atoms with Crippen LogP contribution in [0.1, 0.15) is 6.42 Å². The summed E-state index contributed by atoms with van der Waals surface area (Å²) in [5.41, 5.74) is -0.352. The molecule has 2 fully saturated rings. The van der Waals surface area contributed by atoms with Crippen molar-refractivity contribution < 1.29 is 35.0 Å². The summed E-state index contributed by atoms with van der Waals surface area (Å²) >= 11 is 0. The first kappa shape index (κ1) is 18.6. The molecule has 7 atom stereocenters. The highest BCUT2D eigenvalue weighted by atomic mass is 16.6. The van der Waals surface area contributed by atoms with Gasteiger partial charge in [0.15, 0.2) is 12.0 Å². The third kappa shape index (κ3) is 2.89. The van der Waals surface area contributed by atoms with Crippen molar-refractivity contribution in [2.75, 3.05) is 29.7 Å². The zero-order valence-electron chi connectivity index (χ0n) is 14.2. The van der Waals surface area contributed by atoms with E-state index in [1.165, 1.54) is 11.2 Å². The van der Waals surface area contributed by atoms with Gasteiger partial charge in [-0.25, -0.2) is 4.98 Å². The van der Waals surface area contributed by atoms with Gasteiger partial charge in [-0.1, -0.05) is 0 Å². The Balaban J connectivity index is 1.66. The van der Waals surface area contributed by atoms with Crippen LogP contribution in [0.15, 0.2) is 11.1 Å². The van der Waals surface area contributed by atoms with E-state index in [9.17, 15) is 30.3 Å². The zero-order valence-corrected chi connectivity index (χ0v) is 14.2. The summed E-state index contributed by atoms with van der Waals surface area (Å²) in [6.07, 6.45) is -5.56. The number of fused-ring (bicyclic) bond motifs is 1. The molecule has 2 saturated heterocycles. The Bertz CT molecular complexity index is 747. The highest BCUT2D eigenvalue weighted by Crippen LogP contribution is 2.39. The molecule has 4 heterocycles. The SMILES string of the molecule is O=c1[nH]cnc2c1N([C@@H]1O[C@H](CO)[C@@H](O)[C@H]1O)CN2[C@H]1C[C@H](O)[C@@H](CO)O1. The molecule has 0 aromatic carbocycles. The first-order valence-corrected chi connectivity index (χ1v) is 8.64. The Labute approximate surface area is 153 Å². The molecule has 3 aliphatic rings. The first-order valence-electron chi connectivity index (χ1n) is 8.64. The van der Waals surface area contributed by atoms with Crippen LogP contribution in [0.5, 0.6) is 0 Å². The van der Waals surface area contributed by atoms with Crippen molar-refractivity contribution >= 4 is 11.5 Å². The Morgan fingerprint density at radius 2 is 1.85 bits per heavy atom. The Morgan fingerprint density at radius 3 is 2.48 bits per heavy atom. The van der Waals surface area contributed by atoms with Crippen molar-refractivity contribution in [2.45, 2.75) is 49.4 Å². The smallest absolute Gasteiger partial charge is 0.276 e. The molecule has 6 N–H and O–H groups in total. The fourth-order valence-electron chi connectivity index (χ4n) is 3.80. The van der Waals surface area contributed by atoms with Crippen molar-refractivity contribution in [2.24, 2.45) is 0 Å². The normalized spacial score (nSPS) is 38.6. The molecule has 4 rings (SSSR count). The number of hydrogen-bond donors (Lipinski definition) is 6. The quantitative estimate of drug-likeness (QED) is 0.300. The number of H-pyrrole nitrogens is 1. The van der Waals surface area contributed by atoms with Gasteiger partial charge in [-0.05, 0) is 0 Å². The van der Waals surface area contributed by atoms with E-state index in [0.29, 0.717) is 0 Å². The van der Waals surface area contributed by atoms with Crippen molar-refractivity contribution in [3.8, 4) is 0 Å². The maximum absolute atomic E-state index is 12.4. The van der Waals surface area contributed by atoms with Gasteiger partial charge >= 0.3 is 0 Å². The van der Waals surface area contributed by atoms with Crippen LogP contribution in [0.3, 0.4) is 0 Å². The molecule has 0 spiro atoms. The van der Waals surface area contributed by atoms with E-state index in [1.807, 2.05) is 0 Å². The summed E-state index contributed by atoms with van der Waals surface area (Å²) in [7, 11) is 0. The maximum Gasteiger partial charge on any atom is 0.276 e. The van der Waals surface area contributed by atoms with E-state index in [0.717, 1.165) is 0 Å². The Hall–Kier alpha value is -1.80. The van der Waals surface area contributed by atoms with Gasteiger partial charge in [0, 0.05) is 6.42 Å². The zero-order chi connectivity index (χ0) is 19.3. The predicted octanol–water partition coefficient (Wildman–Crippen LogP) is -3.74. The largest absolute Gasteiger partial charge is 0.394 e. The number of anilines is 2. The van der Waals surface area contributed by atoms with Gasteiger partial charge in [0.05, 0.1) is 32.3 Å². The highest BCUT2D eigenvalue weighted by Gasteiger charge is 2.50. The van der Waals surface area contributed by atoms with Crippen LogP contribution in [-0.4, -0.2) is 98.4 Å². The van der Waals surface area contributed by atoms with Gasteiger partial charge in [-0.3, -0.25) is 4.79 Å². The number of aliphatic hydroxyl groups excluding tert-OH is 5.